The molecule has 5 rings (SSSR count). The zero-order chi connectivity index (χ0) is 22.8. The van der Waals surface area contributed by atoms with Gasteiger partial charge in [-0.25, -0.2) is 9.98 Å². The van der Waals surface area contributed by atoms with Crippen LogP contribution in [0.15, 0.2) is 78.2 Å². The van der Waals surface area contributed by atoms with Crippen LogP contribution in [0.5, 0.6) is 0 Å². The topological polar surface area (TPSA) is 109 Å². The van der Waals surface area contributed by atoms with Gasteiger partial charge in [-0.15, -0.1) is 11.3 Å². The molecule has 0 bridgehead atoms. The number of carbonyl (C=O) groups excluding carboxylic acids is 2. The second kappa shape index (κ2) is 8.71. The monoisotopic (exact) mass is 454 g/mol. The minimum atomic E-state index is -1.11. The van der Waals surface area contributed by atoms with Gasteiger partial charge in [0.1, 0.15) is 15.6 Å². The number of amides is 2. The molecule has 0 spiro atoms. The molecular formula is C24H18N6O2S. The molecule has 2 aromatic heterocycles. The number of benzene rings is 2. The van der Waals surface area contributed by atoms with Gasteiger partial charge in [-0.05, 0) is 13.0 Å². The van der Waals surface area contributed by atoms with Crippen LogP contribution in [-0.4, -0.2) is 38.6 Å². The Kier molecular flexibility index (Phi) is 5.45. The van der Waals surface area contributed by atoms with Crippen molar-refractivity contribution in [3.63, 3.8) is 0 Å². The molecule has 2 aromatic carbocycles. The highest BCUT2D eigenvalue weighted by Gasteiger charge is 2.28. The molecule has 0 saturated heterocycles. The van der Waals surface area contributed by atoms with Crippen LogP contribution < -0.4 is 10.6 Å². The van der Waals surface area contributed by atoms with Crippen LogP contribution >= 0.6 is 11.3 Å². The van der Waals surface area contributed by atoms with E-state index in [0.717, 1.165) is 11.1 Å². The molecular weight excluding hydrogens is 436 g/mol. The van der Waals surface area contributed by atoms with Gasteiger partial charge < -0.3 is 10.6 Å². The molecule has 1 aliphatic heterocycles. The number of thiazole rings is 1. The van der Waals surface area contributed by atoms with E-state index in [1.165, 1.54) is 11.3 Å². The summed E-state index contributed by atoms with van der Waals surface area (Å²) in [6.07, 6.45) is 3.62. The van der Waals surface area contributed by atoms with Crippen molar-refractivity contribution in [2.24, 2.45) is 4.99 Å². The van der Waals surface area contributed by atoms with E-state index in [-0.39, 0.29) is 0 Å². The molecule has 0 unspecified atom stereocenters. The minimum absolute atomic E-state index is 0.390. The van der Waals surface area contributed by atoms with Crippen molar-refractivity contribution in [3.05, 3.63) is 94.9 Å². The molecule has 3 heterocycles. The van der Waals surface area contributed by atoms with Gasteiger partial charge in [0.25, 0.3) is 11.8 Å². The number of hydrogen-bond donors (Lipinski definition) is 2. The number of aliphatic imine (C=N–C) groups is 1. The van der Waals surface area contributed by atoms with Crippen LogP contribution in [0.2, 0.25) is 0 Å². The van der Waals surface area contributed by atoms with Gasteiger partial charge in [0.15, 0.2) is 0 Å². The lowest BCUT2D eigenvalue weighted by atomic mass is 10.0. The molecule has 9 heteroatoms. The normalized spacial score (nSPS) is 15.1. The van der Waals surface area contributed by atoms with Crippen molar-refractivity contribution in [1.82, 2.24) is 20.3 Å². The highest BCUT2D eigenvalue weighted by Crippen LogP contribution is 2.27. The first kappa shape index (κ1) is 20.7. The number of nitrogens with one attached hydrogen (secondary N) is 2. The first-order valence-corrected chi connectivity index (χ1v) is 11.0. The number of benzodiazepines with no additional fused rings is 1. The molecule has 162 valence electrons. The Balaban J connectivity index is 1.49. The van der Waals surface area contributed by atoms with Crippen molar-refractivity contribution < 1.29 is 9.59 Å². The summed E-state index contributed by atoms with van der Waals surface area (Å²) in [6, 6.07) is 17.0. The lowest BCUT2D eigenvalue weighted by Gasteiger charge is -2.13. The average molecular weight is 455 g/mol. The molecule has 4 aromatic rings. The SMILES string of the molecule is Cc1nc(-c2cnccn2)sc1C(=O)N[C@H]1N=C(c2ccccc2)c2ccccc2NC1=O. The minimum Gasteiger partial charge on any atom is -0.322 e. The predicted octanol–water partition coefficient (Wildman–Crippen LogP) is 3.45. The predicted molar refractivity (Wildman–Crippen MR) is 126 cm³/mol. The van der Waals surface area contributed by atoms with Crippen molar-refractivity contribution >= 4 is 34.6 Å². The number of rotatable bonds is 4. The summed E-state index contributed by atoms with van der Waals surface area (Å²) in [5.74, 6) is -0.847. The summed E-state index contributed by atoms with van der Waals surface area (Å²) >= 11 is 1.19. The average Bonchev–Trinajstić information content (AvgIpc) is 3.18. The van der Waals surface area contributed by atoms with Gasteiger partial charge in [-0.3, -0.25) is 19.6 Å². The van der Waals surface area contributed by atoms with Crippen LogP contribution in [0.3, 0.4) is 0 Å². The molecule has 0 fully saturated rings. The largest absolute Gasteiger partial charge is 0.322 e. The number of carbonyl (C=O) groups is 2. The molecule has 0 radical (unpaired) electrons. The Morgan fingerprint density at radius 2 is 1.85 bits per heavy atom. The fourth-order valence-electron chi connectivity index (χ4n) is 3.50. The van der Waals surface area contributed by atoms with Gasteiger partial charge >= 0.3 is 0 Å². The van der Waals surface area contributed by atoms with Crippen LogP contribution in [0.25, 0.3) is 10.7 Å². The lowest BCUT2D eigenvalue weighted by molar-refractivity contribution is -0.117. The third-order valence-corrected chi connectivity index (χ3v) is 6.23. The Labute approximate surface area is 193 Å². The Morgan fingerprint density at radius 3 is 2.64 bits per heavy atom. The van der Waals surface area contributed by atoms with Crippen LogP contribution in [-0.2, 0) is 4.79 Å². The molecule has 8 nitrogen and oxygen atoms in total. The summed E-state index contributed by atoms with van der Waals surface area (Å²) in [4.78, 5) is 43.9. The first-order chi connectivity index (χ1) is 16.1. The van der Waals surface area contributed by atoms with E-state index in [0.29, 0.717) is 32.7 Å². The van der Waals surface area contributed by atoms with Gasteiger partial charge in [-0.2, -0.15) is 0 Å². The third-order valence-electron chi connectivity index (χ3n) is 5.05. The maximum Gasteiger partial charge on any atom is 0.269 e. The number of nitrogens with zero attached hydrogens (tertiary/aromatic N) is 4. The number of hydrogen-bond acceptors (Lipinski definition) is 7. The highest BCUT2D eigenvalue weighted by atomic mass is 32.1. The maximum atomic E-state index is 13.1. The zero-order valence-electron chi connectivity index (χ0n) is 17.5. The Bertz CT molecular complexity index is 1370. The summed E-state index contributed by atoms with van der Waals surface area (Å²) in [5, 5.41) is 6.22. The number of para-hydroxylation sites is 1. The zero-order valence-corrected chi connectivity index (χ0v) is 18.3. The molecule has 2 N–H and O–H groups in total. The van der Waals surface area contributed by atoms with Crippen molar-refractivity contribution in [1.29, 1.82) is 0 Å². The lowest BCUT2D eigenvalue weighted by Crippen LogP contribution is -2.42. The van der Waals surface area contributed by atoms with E-state index in [9.17, 15) is 9.59 Å². The standard InChI is InChI=1S/C24H18N6O2S/c1-14-20(33-24(27-14)18-13-25-11-12-26-18)22(31)30-21-23(32)28-17-10-6-5-9-16(17)19(29-21)15-7-3-2-4-8-15/h2-13,21H,1H3,(H,28,32)(H,30,31)/t21-/m1/s1. The highest BCUT2D eigenvalue weighted by molar-refractivity contribution is 7.17. The first-order valence-electron chi connectivity index (χ1n) is 10.2. The quantitative estimate of drug-likeness (QED) is 0.491. The number of fused-ring (bicyclic) bond motifs is 1. The van der Waals surface area contributed by atoms with E-state index in [1.54, 1.807) is 25.5 Å². The second-order valence-electron chi connectivity index (χ2n) is 7.28. The van der Waals surface area contributed by atoms with Gasteiger partial charge in [-0.1, -0.05) is 48.5 Å². The Hall–Kier alpha value is -4.24. The summed E-state index contributed by atoms with van der Waals surface area (Å²) in [6.45, 7) is 1.74. The summed E-state index contributed by atoms with van der Waals surface area (Å²) in [5.41, 5.74) is 4.02. The molecule has 2 amide bonds. The Morgan fingerprint density at radius 1 is 1.06 bits per heavy atom. The van der Waals surface area contributed by atoms with Crippen LogP contribution in [0, 0.1) is 6.92 Å². The fourth-order valence-corrected chi connectivity index (χ4v) is 4.43. The third kappa shape index (κ3) is 4.13. The molecule has 33 heavy (non-hydrogen) atoms. The summed E-state index contributed by atoms with van der Waals surface area (Å²) in [7, 11) is 0. The number of aryl methyl sites for hydroxylation is 1. The van der Waals surface area contributed by atoms with E-state index >= 15 is 0 Å². The van der Waals surface area contributed by atoms with E-state index in [4.69, 9.17) is 0 Å². The van der Waals surface area contributed by atoms with Gasteiger partial charge in [0.05, 0.1) is 23.3 Å². The van der Waals surface area contributed by atoms with Crippen molar-refractivity contribution in [2.75, 3.05) is 5.32 Å². The summed E-state index contributed by atoms with van der Waals surface area (Å²) < 4.78 is 0. The van der Waals surface area contributed by atoms with Crippen molar-refractivity contribution in [3.8, 4) is 10.7 Å². The van der Waals surface area contributed by atoms with Crippen LogP contribution in [0.4, 0.5) is 5.69 Å². The fraction of sp³-hybridized carbons (Fsp3) is 0.0833. The van der Waals surface area contributed by atoms with Gasteiger partial charge in [0.2, 0.25) is 6.17 Å². The van der Waals surface area contributed by atoms with Crippen LogP contribution in [0.1, 0.15) is 26.5 Å². The number of anilines is 1. The molecule has 1 aliphatic rings. The second-order valence-corrected chi connectivity index (χ2v) is 8.28. The molecule has 0 saturated carbocycles. The molecule has 1 atom stereocenters. The maximum absolute atomic E-state index is 13.1. The van der Waals surface area contributed by atoms with E-state index in [1.807, 2.05) is 54.6 Å². The van der Waals surface area contributed by atoms with E-state index in [2.05, 4.69) is 30.6 Å². The van der Waals surface area contributed by atoms with Crippen molar-refractivity contribution in [2.45, 2.75) is 13.1 Å². The van der Waals surface area contributed by atoms with Gasteiger partial charge in [0, 0.05) is 23.5 Å². The van der Waals surface area contributed by atoms with E-state index < -0.39 is 18.0 Å². The number of aromatic nitrogens is 3. The smallest absolute Gasteiger partial charge is 0.269 e. The molecule has 0 aliphatic carbocycles.